The number of benzene rings is 2. The number of aryl methyl sites for hydroxylation is 1. The number of aliphatic hydroxyl groups excluding tert-OH is 2. The van der Waals surface area contributed by atoms with Crippen LogP contribution in [0.3, 0.4) is 0 Å². The maximum atomic E-state index is 9.75. The minimum Gasteiger partial charge on any atom is -0.393 e. The first kappa shape index (κ1) is 20.8. The third-order valence-electron chi connectivity index (χ3n) is 5.20. The SMILES string of the molecule is Cl.OCC(O)c1ccc(Cc2cc(-c3cccc(Cl)c3)nc3c2CCC3)cc1. The lowest BCUT2D eigenvalue weighted by molar-refractivity contribution is 0.0956. The second-order valence-electron chi connectivity index (χ2n) is 7.07. The monoisotopic (exact) mass is 415 g/mol. The zero-order valence-electron chi connectivity index (χ0n) is 15.4. The Bertz CT molecular complexity index is 957. The van der Waals surface area contributed by atoms with Crippen LogP contribution < -0.4 is 0 Å². The highest BCUT2D eigenvalue weighted by molar-refractivity contribution is 6.30. The lowest BCUT2D eigenvalue weighted by Gasteiger charge is -2.13. The smallest absolute Gasteiger partial charge is 0.102 e. The van der Waals surface area contributed by atoms with Crippen LogP contribution in [-0.2, 0) is 19.3 Å². The van der Waals surface area contributed by atoms with Crippen LogP contribution >= 0.6 is 24.0 Å². The van der Waals surface area contributed by atoms with Gasteiger partial charge in [-0.3, -0.25) is 4.98 Å². The maximum Gasteiger partial charge on any atom is 0.102 e. The number of pyridine rings is 1. The van der Waals surface area contributed by atoms with Gasteiger partial charge in [-0.05, 0) is 66.1 Å². The van der Waals surface area contributed by atoms with E-state index in [1.54, 1.807) is 0 Å². The fourth-order valence-corrected chi connectivity index (χ4v) is 3.95. The van der Waals surface area contributed by atoms with E-state index in [1.807, 2.05) is 48.5 Å². The first-order chi connectivity index (χ1) is 13.1. The molecule has 146 valence electrons. The molecule has 0 radical (unpaired) electrons. The summed E-state index contributed by atoms with van der Waals surface area (Å²) in [5.41, 5.74) is 7.82. The molecule has 5 heteroatoms. The van der Waals surface area contributed by atoms with Crippen LogP contribution in [0.25, 0.3) is 11.3 Å². The molecule has 0 aliphatic heterocycles. The van der Waals surface area contributed by atoms with E-state index in [9.17, 15) is 5.11 Å². The molecule has 4 rings (SSSR count). The lowest BCUT2D eigenvalue weighted by atomic mass is 9.96. The van der Waals surface area contributed by atoms with Crippen molar-refractivity contribution in [2.45, 2.75) is 31.8 Å². The van der Waals surface area contributed by atoms with Gasteiger partial charge in [0.25, 0.3) is 0 Å². The Hall–Kier alpha value is -1.91. The number of hydrogen-bond acceptors (Lipinski definition) is 3. The van der Waals surface area contributed by atoms with Gasteiger partial charge in [0, 0.05) is 16.3 Å². The second kappa shape index (κ2) is 9.06. The van der Waals surface area contributed by atoms with Gasteiger partial charge in [-0.2, -0.15) is 0 Å². The molecule has 3 aromatic rings. The topological polar surface area (TPSA) is 53.4 Å². The van der Waals surface area contributed by atoms with E-state index in [1.165, 1.54) is 22.4 Å². The molecule has 2 N–H and O–H groups in total. The van der Waals surface area contributed by atoms with Gasteiger partial charge in [0.05, 0.1) is 12.3 Å². The molecule has 0 saturated heterocycles. The summed E-state index contributed by atoms with van der Waals surface area (Å²) in [5.74, 6) is 0. The first-order valence-corrected chi connectivity index (χ1v) is 9.67. The Balaban J connectivity index is 0.00000225. The van der Waals surface area contributed by atoms with Gasteiger partial charge in [-0.15, -0.1) is 12.4 Å². The lowest BCUT2D eigenvalue weighted by Crippen LogP contribution is -2.03. The number of halogens is 2. The van der Waals surface area contributed by atoms with Gasteiger partial charge in [0.1, 0.15) is 6.10 Å². The molecular formula is C23H23Cl2NO2. The molecule has 1 aliphatic rings. The molecule has 1 heterocycles. The minimum absolute atomic E-state index is 0. The summed E-state index contributed by atoms with van der Waals surface area (Å²) >= 11 is 6.17. The fraction of sp³-hybridized carbons (Fsp3) is 0.261. The molecule has 2 aromatic carbocycles. The predicted octanol–water partition coefficient (Wildman–Crippen LogP) is 4.93. The maximum absolute atomic E-state index is 9.75. The van der Waals surface area contributed by atoms with Crippen LogP contribution in [0, 0.1) is 0 Å². The summed E-state index contributed by atoms with van der Waals surface area (Å²) < 4.78 is 0. The van der Waals surface area contributed by atoms with Crippen molar-refractivity contribution in [2.24, 2.45) is 0 Å². The zero-order chi connectivity index (χ0) is 18.8. The molecule has 3 nitrogen and oxygen atoms in total. The van der Waals surface area contributed by atoms with Crippen molar-refractivity contribution < 1.29 is 10.2 Å². The summed E-state index contributed by atoms with van der Waals surface area (Å²) in [4.78, 5) is 4.90. The number of hydrogen-bond donors (Lipinski definition) is 2. The van der Waals surface area contributed by atoms with E-state index >= 15 is 0 Å². The highest BCUT2D eigenvalue weighted by Crippen LogP contribution is 2.31. The summed E-state index contributed by atoms with van der Waals surface area (Å²) in [6.07, 6.45) is 3.26. The van der Waals surface area contributed by atoms with Crippen LogP contribution in [0.15, 0.2) is 54.6 Å². The summed E-state index contributed by atoms with van der Waals surface area (Å²) in [5, 5.41) is 19.6. The minimum atomic E-state index is -0.821. The van der Waals surface area contributed by atoms with Crippen LogP contribution in [0.2, 0.25) is 5.02 Å². The average Bonchev–Trinajstić information content (AvgIpc) is 3.17. The van der Waals surface area contributed by atoms with Crippen molar-refractivity contribution in [3.05, 3.63) is 87.6 Å². The second-order valence-corrected chi connectivity index (χ2v) is 7.51. The molecule has 1 aliphatic carbocycles. The molecule has 28 heavy (non-hydrogen) atoms. The van der Waals surface area contributed by atoms with Gasteiger partial charge in [0.15, 0.2) is 0 Å². The molecule has 1 unspecified atom stereocenters. The summed E-state index contributed by atoms with van der Waals surface area (Å²) in [6, 6.07) is 17.8. The zero-order valence-corrected chi connectivity index (χ0v) is 17.0. The van der Waals surface area contributed by atoms with E-state index in [2.05, 4.69) is 6.07 Å². The van der Waals surface area contributed by atoms with Crippen LogP contribution in [0.4, 0.5) is 0 Å². The summed E-state index contributed by atoms with van der Waals surface area (Å²) in [7, 11) is 0. The van der Waals surface area contributed by atoms with E-state index < -0.39 is 6.10 Å². The normalized spacial score (nSPS) is 13.7. The number of aromatic nitrogens is 1. The van der Waals surface area contributed by atoms with Crippen molar-refractivity contribution in [2.75, 3.05) is 6.61 Å². The quantitative estimate of drug-likeness (QED) is 0.620. The van der Waals surface area contributed by atoms with Gasteiger partial charge in [-0.1, -0.05) is 48.0 Å². The van der Waals surface area contributed by atoms with E-state index in [0.717, 1.165) is 47.5 Å². The fourth-order valence-electron chi connectivity index (χ4n) is 3.76. The van der Waals surface area contributed by atoms with Crippen LogP contribution in [-0.4, -0.2) is 21.8 Å². The van der Waals surface area contributed by atoms with Crippen LogP contribution in [0.5, 0.6) is 0 Å². The molecule has 0 bridgehead atoms. The van der Waals surface area contributed by atoms with Crippen molar-refractivity contribution in [3.8, 4) is 11.3 Å². The van der Waals surface area contributed by atoms with Gasteiger partial charge >= 0.3 is 0 Å². The molecule has 0 spiro atoms. The van der Waals surface area contributed by atoms with Crippen molar-refractivity contribution in [1.82, 2.24) is 4.98 Å². The Morgan fingerprint density at radius 2 is 1.82 bits per heavy atom. The highest BCUT2D eigenvalue weighted by atomic mass is 35.5. The number of fused-ring (bicyclic) bond motifs is 1. The van der Waals surface area contributed by atoms with Gasteiger partial charge < -0.3 is 10.2 Å². The Morgan fingerprint density at radius 3 is 2.54 bits per heavy atom. The molecule has 0 saturated carbocycles. The third kappa shape index (κ3) is 4.39. The highest BCUT2D eigenvalue weighted by Gasteiger charge is 2.19. The van der Waals surface area contributed by atoms with Crippen LogP contribution in [0.1, 0.15) is 40.5 Å². The van der Waals surface area contributed by atoms with Crippen molar-refractivity contribution >= 4 is 24.0 Å². The Labute approximate surface area is 176 Å². The number of rotatable bonds is 5. The standard InChI is InChI=1S/C23H22ClNO2.ClH/c24-19-4-1-3-17(12-19)22-13-18(20-5-2-6-21(20)25-22)11-15-7-9-16(10-8-15)23(27)14-26;/h1,3-4,7-10,12-13,23,26-27H,2,5-6,11,14H2;1H. The molecular weight excluding hydrogens is 393 g/mol. The molecule has 1 atom stereocenters. The van der Waals surface area contributed by atoms with Crippen molar-refractivity contribution in [3.63, 3.8) is 0 Å². The van der Waals surface area contributed by atoms with Crippen molar-refractivity contribution in [1.29, 1.82) is 0 Å². The Kier molecular flexibility index (Phi) is 6.73. The third-order valence-corrected chi connectivity index (χ3v) is 5.43. The molecule has 0 amide bonds. The van der Waals surface area contributed by atoms with Gasteiger partial charge in [-0.25, -0.2) is 0 Å². The molecule has 1 aromatic heterocycles. The van der Waals surface area contributed by atoms with Gasteiger partial charge in [0.2, 0.25) is 0 Å². The largest absolute Gasteiger partial charge is 0.393 e. The van der Waals surface area contributed by atoms with E-state index in [-0.39, 0.29) is 19.0 Å². The summed E-state index contributed by atoms with van der Waals surface area (Å²) in [6.45, 7) is -0.264. The van der Waals surface area contributed by atoms with E-state index in [4.69, 9.17) is 21.7 Å². The predicted molar refractivity (Wildman–Crippen MR) is 115 cm³/mol. The Morgan fingerprint density at radius 1 is 1.04 bits per heavy atom. The first-order valence-electron chi connectivity index (χ1n) is 9.29. The molecule has 0 fully saturated rings. The number of aliphatic hydroxyl groups is 2. The number of nitrogens with zero attached hydrogens (tertiary/aromatic N) is 1. The van der Waals surface area contributed by atoms with E-state index in [0.29, 0.717) is 0 Å². The average molecular weight is 416 g/mol.